The van der Waals surface area contributed by atoms with Crippen molar-refractivity contribution in [2.24, 2.45) is 5.92 Å². The van der Waals surface area contributed by atoms with Crippen LogP contribution < -0.4 is 20.7 Å². The molecule has 0 radical (unpaired) electrons. The fourth-order valence-corrected chi connectivity index (χ4v) is 4.81. The summed E-state index contributed by atoms with van der Waals surface area (Å²) in [5.74, 6) is 0.179. The van der Waals surface area contributed by atoms with E-state index in [9.17, 15) is 18.8 Å². The maximum atomic E-state index is 13.4. The zero-order valence-electron chi connectivity index (χ0n) is 22.8. The highest BCUT2D eigenvalue weighted by atomic mass is 19.1. The number of nitrogens with one attached hydrogen (secondary N) is 3. The first-order valence-corrected chi connectivity index (χ1v) is 13.8. The van der Waals surface area contributed by atoms with Crippen LogP contribution in [0.1, 0.15) is 42.9 Å². The van der Waals surface area contributed by atoms with Gasteiger partial charge >= 0.3 is 0 Å². The van der Waals surface area contributed by atoms with E-state index >= 15 is 0 Å². The molecule has 2 aliphatic rings. The third-order valence-corrected chi connectivity index (χ3v) is 7.54. The molecule has 0 aromatic heterocycles. The van der Waals surface area contributed by atoms with Gasteiger partial charge in [-0.05, 0) is 61.3 Å². The number of rotatable bonds is 4. The molecule has 4 rings (SSSR count). The van der Waals surface area contributed by atoms with Gasteiger partial charge in [0.05, 0.1) is 6.04 Å². The molecule has 39 heavy (non-hydrogen) atoms. The van der Waals surface area contributed by atoms with E-state index in [1.54, 1.807) is 38.2 Å². The molecule has 0 spiro atoms. The van der Waals surface area contributed by atoms with Crippen LogP contribution in [-0.4, -0.2) is 67.5 Å². The van der Waals surface area contributed by atoms with Gasteiger partial charge in [0.15, 0.2) is 0 Å². The van der Waals surface area contributed by atoms with Crippen LogP contribution in [0.2, 0.25) is 0 Å². The van der Waals surface area contributed by atoms with Crippen molar-refractivity contribution in [1.29, 1.82) is 0 Å². The maximum Gasteiger partial charge on any atom is 0.243 e. The molecule has 1 aliphatic heterocycles. The average Bonchev–Trinajstić information content (AvgIpc) is 3.79. The van der Waals surface area contributed by atoms with E-state index in [-0.39, 0.29) is 24.2 Å². The number of hydrogen-bond donors (Lipinski definition) is 3. The minimum atomic E-state index is -0.841. The first-order valence-electron chi connectivity index (χ1n) is 13.8. The second-order valence-electron chi connectivity index (χ2n) is 10.5. The number of carbonyl (C=O) groups is 3. The lowest BCUT2D eigenvalue weighted by molar-refractivity contribution is -0.141. The number of amides is 3. The predicted molar refractivity (Wildman–Crippen MR) is 147 cm³/mol. The Kier molecular flexibility index (Phi) is 9.92. The van der Waals surface area contributed by atoms with Crippen LogP contribution in [0.4, 0.5) is 4.39 Å². The summed E-state index contributed by atoms with van der Waals surface area (Å²) in [6.07, 6.45) is 3.59. The molecule has 1 saturated carbocycles. The SMILES string of the molecule is C[C@@H]1C(=O)N[C@H](Cc2ccc(CF)cc2)C(=O)NCCCc2ccccc2OCCN[C@@H](C2CC2)C(=O)N1C. The van der Waals surface area contributed by atoms with Gasteiger partial charge in [-0.1, -0.05) is 42.5 Å². The molecule has 1 heterocycles. The second kappa shape index (κ2) is 13.6. The van der Waals surface area contributed by atoms with Crippen molar-refractivity contribution in [2.45, 2.75) is 63.8 Å². The van der Waals surface area contributed by atoms with Crippen molar-refractivity contribution in [2.75, 3.05) is 26.7 Å². The van der Waals surface area contributed by atoms with Crippen LogP contribution >= 0.6 is 0 Å². The number of alkyl halides is 1. The molecule has 3 atom stereocenters. The molecule has 3 amide bonds. The van der Waals surface area contributed by atoms with Crippen LogP contribution in [0.3, 0.4) is 0 Å². The predicted octanol–water partition coefficient (Wildman–Crippen LogP) is 2.54. The largest absolute Gasteiger partial charge is 0.492 e. The zero-order chi connectivity index (χ0) is 27.8. The third-order valence-electron chi connectivity index (χ3n) is 7.54. The van der Waals surface area contributed by atoms with E-state index in [0.717, 1.165) is 36.1 Å². The van der Waals surface area contributed by atoms with E-state index in [4.69, 9.17) is 4.74 Å². The summed E-state index contributed by atoms with van der Waals surface area (Å²) >= 11 is 0. The Bertz CT molecular complexity index is 1140. The topological polar surface area (TPSA) is 99.8 Å². The van der Waals surface area contributed by atoms with Gasteiger partial charge in [0.2, 0.25) is 17.7 Å². The summed E-state index contributed by atoms with van der Waals surface area (Å²) in [7, 11) is 1.62. The van der Waals surface area contributed by atoms with Crippen LogP contribution in [0.5, 0.6) is 5.75 Å². The van der Waals surface area contributed by atoms with E-state index in [1.807, 2.05) is 24.3 Å². The van der Waals surface area contributed by atoms with Crippen molar-refractivity contribution in [3.63, 3.8) is 0 Å². The smallest absolute Gasteiger partial charge is 0.243 e. The summed E-state index contributed by atoms with van der Waals surface area (Å²) in [4.78, 5) is 41.3. The Morgan fingerprint density at radius 1 is 0.974 bits per heavy atom. The van der Waals surface area contributed by atoms with Gasteiger partial charge in [0, 0.05) is 26.6 Å². The maximum absolute atomic E-state index is 13.4. The summed E-state index contributed by atoms with van der Waals surface area (Å²) in [6, 6.07) is 12.7. The molecule has 8 nitrogen and oxygen atoms in total. The van der Waals surface area contributed by atoms with E-state index in [2.05, 4.69) is 16.0 Å². The van der Waals surface area contributed by atoms with Gasteiger partial charge in [-0.15, -0.1) is 0 Å². The zero-order valence-corrected chi connectivity index (χ0v) is 22.8. The number of aryl methyl sites for hydroxylation is 1. The molecule has 0 saturated heterocycles. The van der Waals surface area contributed by atoms with Crippen LogP contribution in [-0.2, 0) is 33.9 Å². The number of nitrogens with zero attached hydrogens (tertiary/aromatic N) is 1. The van der Waals surface area contributed by atoms with Gasteiger partial charge in [0.1, 0.15) is 31.1 Å². The molecule has 1 aliphatic carbocycles. The fraction of sp³-hybridized carbons (Fsp3) is 0.500. The standard InChI is InChI=1S/C30H39FN4O4/c1-20-28(36)34-25(18-21-9-11-22(19-31)12-10-21)29(37)33-15-5-7-23-6-3-4-8-26(23)39-17-16-32-27(24-13-14-24)30(38)35(20)2/h3-4,6,8-12,20,24-25,27,32H,5,7,13-19H2,1-2H3,(H,33,37)(H,34,36)/t20-,25-,27+/m1/s1. The molecule has 0 bridgehead atoms. The van der Waals surface area contributed by atoms with Gasteiger partial charge in [-0.3, -0.25) is 14.4 Å². The van der Waals surface area contributed by atoms with Crippen molar-refractivity contribution in [3.05, 3.63) is 65.2 Å². The highest BCUT2D eigenvalue weighted by Crippen LogP contribution is 2.33. The summed E-state index contributed by atoms with van der Waals surface area (Å²) < 4.78 is 19.0. The van der Waals surface area contributed by atoms with E-state index < -0.39 is 30.7 Å². The Morgan fingerprint density at radius 2 is 1.69 bits per heavy atom. The number of para-hydroxylation sites is 1. The molecule has 0 unspecified atom stereocenters. The first kappa shape index (κ1) is 28.5. The van der Waals surface area contributed by atoms with E-state index in [0.29, 0.717) is 31.7 Å². The lowest BCUT2D eigenvalue weighted by atomic mass is 10.0. The van der Waals surface area contributed by atoms with Crippen LogP contribution in [0, 0.1) is 5.92 Å². The third kappa shape index (κ3) is 7.79. The van der Waals surface area contributed by atoms with Crippen LogP contribution in [0.25, 0.3) is 0 Å². The fourth-order valence-electron chi connectivity index (χ4n) is 4.81. The molecule has 2 aromatic rings. The number of fused-ring (bicyclic) bond motifs is 1. The Labute approximate surface area is 229 Å². The summed E-state index contributed by atoms with van der Waals surface area (Å²) in [5, 5.41) is 9.17. The molecule has 2 aromatic carbocycles. The minimum absolute atomic E-state index is 0.149. The lowest BCUT2D eigenvalue weighted by Crippen LogP contribution is -2.56. The number of halogens is 1. The lowest BCUT2D eigenvalue weighted by Gasteiger charge is -2.30. The Morgan fingerprint density at radius 3 is 2.41 bits per heavy atom. The minimum Gasteiger partial charge on any atom is -0.492 e. The molecule has 210 valence electrons. The van der Waals surface area contributed by atoms with Gasteiger partial charge in [-0.25, -0.2) is 4.39 Å². The van der Waals surface area contributed by atoms with E-state index in [1.165, 1.54) is 4.90 Å². The van der Waals surface area contributed by atoms with Gasteiger partial charge in [-0.2, -0.15) is 0 Å². The number of carbonyl (C=O) groups excluding carboxylic acids is 3. The number of likely N-dealkylation sites (N-methyl/N-ethyl adjacent to an activating group) is 1. The number of benzene rings is 2. The van der Waals surface area contributed by atoms with Crippen molar-refractivity contribution in [3.8, 4) is 5.75 Å². The molecule has 9 heteroatoms. The van der Waals surface area contributed by atoms with Crippen LogP contribution in [0.15, 0.2) is 48.5 Å². The quantitative estimate of drug-likeness (QED) is 0.556. The molecule has 1 fully saturated rings. The normalized spacial score (nSPS) is 24.0. The highest BCUT2D eigenvalue weighted by molar-refractivity contribution is 5.93. The summed E-state index contributed by atoms with van der Waals surface area (Å²) in [6.45, 7) is 2.45. The number of hydrogen-bond acceptors (Lipinski definition) is 5. The Hall–Kier alpha value is -3.46. The molecule has 3 N–H and O–H groups in total. The average molecular weight is 539 g/mol. The van der Waals surface area contributed by atoms with Crippen molar-refractivity contribution in [1.82, 2.24) is 20.9 Å². The number of ether oxygens (including phenoxy) is 1. The molecular formula is C30H39FN4O4. The molecular weight excluding hydrogens is 499 g/mol. The Balaban J connectivity index is 1.54. The van der Waals surface area contributed by atoms with Gasteiger partial charge in [0.25, 0.3) is 0 Å². The van der Waals surface area contributed by atoms with Crippen molar-refractivity contribution < 1.29 is 23.5 Å². The monoisotopic (exact) mass is 538 g/mol. The highest BCUT2D eigenvalue weighted by Gasteiger charge is 2.39. The summed E-state index contributed by atoms with van der Waals surface area (Å²) in [5.41, 5.74) is 2.40. The first-order chi connectivity index (χ1) is 18.9. The van der Waals surface area contributed by atoms with Gasteiger partial charge < -0.3 is 25.6 Å². The second-order valence-corrected chi connectivity index (χ2v) is 10.5. The van der Waals surface area contributed by atoms with Crippen molar-refractivity contribution >= 4 is 17.7 Å².